The average molecular weight is 219 g/mol. The molecule has 2 fully saturated rings. The number of carbonyl (C=O) groups is 1. The third kappa shape index (κ3) is 1.29. The van der Waals surface area contributed by atoms with Crippen LogP contribution >= 0.6 is 0 Å². The number of carbonyl (C=O) groups excluding carboxylic acids is 1. The van der Waals surface area contributed by atoms with Gasteiger partial charge >= 0.3 is 0 Å². The first-order valence-corrected chi connectivity index (χ1v) is 5.91. The van der Waals surface area contributed by atoms with Gasteiger partial charge in [0.05, 0.1) is 5.54 Å². The minimum absolute atomic E-state index is 0.227. The number of hydrogen-bond donors (Lipinski definition) is 2. The summed E-state index contributed by atoms with van der Waals surface area (Å²) < 4.78 is 0. The molecule has 86 valence electrons. The molecule has 16 heavy (non-hydrogen) atoms. The molecule has 1 amide bonds. The molecular weight excluding hydrogens is 202 g/mol. The van der Waals surface area contributed by atoms with E-state index in [2.05, 4.69) is 16.3 Å². The summed E-state index contributed by atoms with van der Waals surface area (Å²) in [4.78, 5) is 13.5. The van der Waals surface area contributed by atoms with E-state index in [9.17, 15) is 4.79 Å². The van der Waals surface area contributed by atoms with E-state index in [0.29, 0.717) is 6.42 Å². The molecular formula is C12H17N3O. The van der Waals surface area contributed by atoms with Gasteiger partial charge in [-0.25, -0.2) is 0 Å². The van der Waals surface area contributed by atoms with Crippen LogP contribution in [0.15, 0.2) is 23.5 Å². The fourth-order valence-corrected chi connectivity index (χ4v) is 2.89. The second-order valence-corrected chi connectivity index (χ2v) is 4.97. The normalized spacial score (nSPS) is 26.6. The maximum atomic E-state index is 11.2. The van der Waals surface area contributed by atoms with Gasteiger partial charge in [0, 0.05) is 30.6 Å². The molecule has 3 N–H and O–H groups in total. The van der Waals surface area contributed by atoms with Gasteiger partial charge in [-0.05, 0) is 25.7 Å². The molecule has 0 radical (unpaired) electrons. The molecule has 2 heterocycles. The van der Waals surface area contributed by atoms with Gasteiger partial charge in [0.15, 0.2) is 0 Å². The van der Waals surface area contributed by atoms with Crippen LogP contribution in [0.3, 0.4) is 0 Å². The van der Waals surface area contributed by atoms with Crippen molar-refractivity contribution in [3.63, 3.8) is 0 Å². The van der Waals surface area contributed by atoms with E-state index in [0.717, 1.165) is 18.7 Å². The highest BCUT2D eigenvalue weighted by molar-refractivity contribution is 5.92. The zero-order chi connectivity index (χ0) is 11.2. The summed E-state index contributed by atoms with van der Waals surface area (Å²) >= 11 is 0. The predicted molar refractivity (Wildman–Crippen MR) is 61.3 cm³/mol. The molecule has 3 rings (SSSR count). The molecule has 2 aliphatic heterocycles. The smallest absolute Gasteiger partial charge is 0.246 e. The van der Waals surface area contributed by atoms with Crippen molar-refractivity contribution in [2.45, 2.75) is 31.2 Å². The highest BCUT2D eigenvalue weighted by Gasteiger charge is 2.45. The minimum Gasteiger partial charge on any atom is -0.366 e. The number of nitrogens with zero attached hydrogens (tertiary/aromatic N) is 1. The quantitative estimate of drug-likeness (QED) is 0.674. The summed E-state index contributed by atoms with van der Waals surface area (Å²) in [7, 11) is 0. The van der Waals surface area contributed by atoms with Gasteiger partial charge in [0.25, 0.3) is 0 Å². The molecule has 4 heteroatoms. The summed E-state index contributed by atoms with van der Waals surface area (Å²) in [6, 6.07) is 0. The van der Waals surface area contributed by atoms with Gasteiger partial charge in [-0.3, -0.25) is 4.79 Å². The lowest BCUT2D eigenvalue weighted by molar-refractivity contribution is -0.114. The van der Waals surface area contributed by atoms with Crippen molar-refractivity contribution in [2.75, 3.05) is 13.1 Å². The molecule has 0 aromatic rings. The first kappa shape index (κ1) is 9.90. The maximum Gasteiger partial charge on any atom is 0.246 e. The van der Waals surface area contributed by atoms with Crippen LogP contribution in [0.4, 0.5) is 0 Å². The van der Waals surface area contributed by atoms with Crippen molar-refractivity contribution in [1.82, 2.24) is 10.2 Å². The lowest BCUT2D eigenvalue weighted by Gasteiger charge is -2.55. The Morgan fingerprint density at radius 1 is 1.50 bits per heavy atom. The minimum atomic E-state index is -0.289. The Labute approximate surface area is 95.2 Å². The largest absolute Gasteiger partial charge is 0.366 e. The van der Waals surface area contributed by atoms with Crippen LogP contribution in [-0.2, 0) is 4.79 Å². The molecule has 0 aromatic carbocycles. The van der Waals surface area contributed by atoms with E-state index < -0.39 is 0 Å². The van der Waals surface area contributed by atoms with Crippen LogP contribution in [0.2, 0.25) is 0 Å². The van der Waals surface area contributed by atoms with E-state index in [-0.39, 0.29) is 11.4 Å². The molecule has 0 unspecified atom stereocenters. The summed E-state index contributed by atoms with van der Waals surface area (Å²) in [5, 5.41) is 3.47. The number of amides is 1. The Bertz CT molecular complexity index is 393. The molecule has 1 saturated heterocycles. The molecule has 0 aromatic heterocycles. The summed E-state index contributed by atoms with van der Waals surface area (Å²) in [5.41, 5.74) is 7.62. The van der Waals surface area contributed by atoms with Gasteiger partial charge in [-0.2, -0.15) is 0 Å². The SMILES string of the molecule is NC(=O)C1=CN2C(=CC1)CNCC21CCC1. The van der Waals surface area contributed by atoms with Gasteiger partial charge in [0.2, 0.25) is 5.91 Å². The fraction of sp³-hybridized carbons (Fsp3) is 0.583. The Morgan fingerprint density at radius 2 is 2.31 bits per heavy atom. The number of rotatable bonds is 1. The zero-order valence-electron chi connectivity index (χ0n) is 9.33. The van der Waals surface area contributed by atoms with Gasteiger partial charge in [-0.1, -0.05) is 6.08 Å². The monoisotopic (exact) mass is 219 g/mol. The maximum absolute atomic E-state index is 11.2. The number of primary amides is 1. The highest BCUT2D eigenvalue weighted by Crippen LogP contribution is 2.42. The number of fused-ring (bicyclic) bond motifs is 2. The van der Waals surface area contributed by atoms with Crippen LogP contribution in [-0.4, -0.2) is 29.4 Å². The van der Waals surface area contributed by atoms with E-state index >= 15 is 0 Å². The van der Waals surface area contributed by atoms with E-state index in [1.165, 1.54) is 25.0 Å². The Morgan fingerprint density at radius 3 is 2.94 bits per heavy atom. The third-order valence-corrected chi connectivity index (χ3v) is 4.02. The lowest BCUT2D eigenvalue weighted by Crippen LogP contribution is -2.62. The van der Waals surface area contributed by atoms with Crippen molar-refractivity contribution >= 4 is 5.91 Å². The van der Waals surface area contributed by atoms with Crippen molar-refractivity contribution in [1.29, 1.82) is 0 Å². The topological polar surface area (TPSA) is 58.4 Å². The molecule has 1 aliphatic carbocycles. The van der Waals surface area contributed by atoms with Crippen LogP contribution in [0.25, 0.3) is 0 Å². The van der Waals surface area contributed by atoms with E-state index in [4.69, 9.17) is 5.73 Å². The lowest BCUT2D eigenvalue weighted by atomic mass is 9.73. The number of hydrogen-bond acceptors (Lipinski definition) is 3. The number of allylic oxidation sites excluding steroid dienone is 1. The summed E-state index contributed by atoms with van der Waals surface area (Å²) in [5.74, 6) is -0.289. The number of nitrogens with one attached hydrogen (secondary N) is 1. The molecule has 1 spiro atoms. The number of nitrogens with two attached hydrogens (primary N) is 1. The molecule has 0 atom stereocenters. The van der Waals surface area contributed by atoms with Gasteiger partial charge in [-0.15, -0.1) is 0 Å². The van der Waals surface area contributed by atoms with Crippen molar-refractivity contribution in [2.24, 2.45) is 5.73 Å². The Balaban J connectivity index is 1.93. The van der Waals surface area contributed by atoms with Crippen molar-refractivity contribution in [3.05, 3.63) is 23.5 Å². The summed E-state index contributed by atoms with van der Waals surface area (Å²) in [6.07, 6.45) is 8.49. The van der Waals surface area contributed by atoms with Crippen LogP contribution in [0.5, 0.6) is 0 Å². The highest BCUT2D eigenvalue weighted by atomic mass is 16.1. The fourth-order valence-electron chi connectivity index (χ4n) is 2.89. The third-order valence-electron chi connectivity index (χ3n) is 4.02. The summed E-state index contributed by atoms with van der Waals surface area (Å²) in [6.45, 7) is 1.93. The molecule has 1 saturated carbocycles. The van der Waals surface area contributed by atoms with E-state index in [1.54, 1.807) is 0 Å². The molecule has 3 aliphatic rings. The molecule has 0 bridgehead atoms. The van der Waals surface area contributed by atoms with Crippen LogP contribution in [0, 0.1) is 0 Å². The first-order chi connectivity index (χ1) is 7.71. The van der Waals surface area contributed by atoms with Gasteiger partial charge in [0.1, 0.15) is 0 Å². The average Bonchev–Trinajstić information content (AvgIpc) is 2.25. The Kier molecular flexibility index (Phi) is 2.07. The van der Waals surface area contributed by atoms with Crippen molar-refractivity contribution in [3.8, 4) is 0 Å². The van der Waals surface area contributed by atoms with Gasteiger partial charge < -0.3 is 16.0 Å². The first-order valence-electron chi connectivity index (χ1n) is 5.91. The molecule has 4 nitrogen and oxygen atoms in total. The Hall–Kier alpha value is -1.29. The second kappa shape index (κ2) is 3.35. The van der Waals surface area contributed by atoms with Crippen LogP contribution in [0.1, 0.15) is 25.7 Å². The number of piperazine rings is 1. The predicted octanol–water partition coefficient (Wildman–Crippen LogP) is 0.471. The van der Waals surface area contributed by atoms with Crippen molar-refractivity contribution < 1.29 is 4.79 Å². The zero-order valence-corrected chi connectivity index (χ0v) is 9.33. The second-order valence-electron chi connectivity index (χ2n) is 4.97. The van der Waals surface area contributed by atoms with Crippen LogP contribution < -0.4 is 11.1 Å². The standard InChI is InChI=1S/C12H17N3O/c13-11(16)9-2-3-10-6-14-8-12(4-1-5-12)15(10)7-9/h3,7,14H,1-2,4-6,8H2,(H2,13,16). The van der Waals surface area contributed by atoms with E-state index in [1.807, 2.05) is 6.20 Å².